The molecule has 1 aliphatic rings. The fraction of sp³-hybridized carbons (Fsp3) is 1.00. The maximum Gasteiger partial charge on any atom is 1.00 e. The minimum atomic E-state index is -4.35. The molecule has 1 saturated heterocycles. The summed E-state index contributed by atoms with van der Waals surface area (Å²) in [6.07, 6.45) is -6.63. The fourth-order valence-corrected chi connectivity index (χ4v) is 3.80. The average Bonchev–Trinajstić information content (AvgIpc) is 2.31. The Morgan fingerprint density at radius 1 is 1.18 bits per heavy atom. The van der Waals surface area contributed by atoms with E-state index >= 15 is 0 Å². The Morgan fingerprint density at radius 3 is 2.14 bits per heavy atom. The summed E-state index contributed by atoms with van der Waals surface area (Å²) in [6, 6.07) is 0. The Bertz CT molecular complexity index is 545. The second-order valence-corrected chi connectivity index (χ2v) is 9.23. The molecule has 0 aromatic carbocycles. The van der Waals surface area contributed by atoms with Gasteiger partial charge in [-0.2, -0.15) is 16.8 Å². The van der Waals surface area contributed by atoms with Gasteiger partial charge in [-0.05, 0) is 10.8 Å². The second-order valence-electron chi connectivity index (χ2n) is 4.24. The van der Waals surface area contributed by atoms with Crippen LogP contribution in [-0.4, -0.2) is 81.4 Å². The summed E-state index contributed by atoms with van der Waals surface area (Å²) >= 11 is 0. The Morgan fingerprint density at radius 2 is 1.73 bits per heavy atom. The molecule has 126 valence electrons. The van der Waals surface area contributed by atoms with Crippen molar-refractivity contribution in [1.29, 1.82) is 0 Å². The van der Waals surface area contributed by atoms with Crippen LogP contribution >= 0.6 is 10.8 Å². The van der Waals surface area contributed by atoms with E-state index in [0.29, 0.717) is 0 Å². The van der Waals surface area contributed by atoms with E-state index in [1.165, 1.54) is 0 Å². The molecule has 1 heterocycles. The van der Waals surface area contributed by atoms with Crippen LogP contribution in [0.1, 0.15) is 0 Å². The number of hydrogen-bond acceptors (Lipinski definition) is 10. The van der Waals surface area contributed by atoms with Crippen LogP contribution in [0, 0.1) is 0 Å². The van der Waals surface area contributed by atoms with Gasteiger partial charge in [-0.3, -0.25) is 8.74 Å². The third-order valence-corrected chi connectivity index (χ3v) is 5.18. The van der Waals surface area contributed by atoms with Gasteiger partial charge in [-0.1, -0.05) is 0 Å². The molecule has 0 amide bonds. The quantitative estimate of drug-likeness (QED) is 0.172. The minimum absolute atomic E-state index is 0. The van der Waals surface area contributed by atoms with E-state index in [4.69, 9.17) is 14.0 Å². The van der Waals surface area contributed by atoms with Gasteiger partial charge in [0.1, 0.15) is 12.2 Å². The molecule has 1 rings (SSSR count). The molecule has 0 spiro atoms. The Balaban J connectivity index is 0.00000441. The molecule has 0 bridgehead atoms. The van der Waals surface area contributed by atoms with Gasteiger partial charge in [0, 0.05) is 12.9 Å². The van der Waals surface area contributed by atoms with E-state index in [9.17, 15) is 27.0 Å². The van der Waals surface area contributed by atoms with Crippen molar-refractivity contribution in [2.24, 2.45) is 0 Å². The molecule has 14 heteroatoms. The van der Waals surface area contributed by atoms with Crippen molar-refractivity contribution in [1.82, 2.24) is 0 Å². The van der Waals surface area contributed by atoms with Crippen molar-refractivity contribution < 1.29 is 74.8 Å². The van der Waals surface area contributed by atoms with Crippen LogP contribution in [-0.2, 0) is 32.9 Å². The number of aliphatic hydroxyl groups excluding tert-OH is 2. The normalized spacial score (nSPS) is 33.2. The third-order valence-electron chi connectivity index (χ3n) is 2.54. The standard InChI is InChI=1S/C8H16O10S3.Na/c1-16-8-7(18-20(2,11)12)6(10)5(9)4(17-8)3-19-21(13,14)15;/h4-10H,3H2,1-2H3,(H,13,14,15);/q;+1. The molecule has 0 radical (unpaired) electrons. The van der Waals surface area contributed by atoms with E-state index in [0.717, 1.165) is 13.4 Å². The zero-order valence-corrected chi connectivity index (χ0v) is 16.5. The number of hydrogen-bond donors (Lipinski definition) is 3. The van der Waals surface area contributed by atoms with Gasteiger partial charge in [0.25, 0.3) is 10.1 Å². The maximum atomic E-state index is 11.1. The van der Waals surface area contributed by atoms with Crippen molar-refractivity contribution in [2.75, 3.05) is 19.1 Å². The van der Waals surface area contributed by atoms with Crippen molar-refractivity contribution in [3.8, 4) is 0 Å². The number of rotatable bonds is 6. The van der Waals surface area contributed by atoms with Crippen molar-refractivity contribution in [2.45, 2.75) is 30.7 Å². The SMILES string of the molecule is COC1OC(CSS(=O)(=O)O)C(O)C(O)C1OS(C)(=O)=O.[Na+]. The zero-order valence-electron chi connectivity index (χ0n) is 12.0. The first-order valence-electron chi connectivity index (χ1n) is 5.49. The van der Waals surface area contributed by atoms with Crippen molar-refractivity contribution >= 4 is 30.1 Å². The van der Waals surface area contributed by atoms with E-state index in [2.05, 4.69) is 4.18 Å². The molecule has 5 unspecified atom stereocenters. The van der Waals surface area contributed by atoms with E-state index in [1.807, 2.05) is 0 Å². The predicted octanol–water partition coefficient (Wildman–Crippen LogP) is -5.04. The second kappa shape index (κ2) is 8.92. The van der Waals surface area contributed by atoms with Crippen LogP contribution in [0.4, 0.5) is 0 Å². The molecule has 10 nitrogen and oxygen atoms in total. The monoisotopic (exact) mass is 391 g/mol. The molecule has 22 heavy (non-hydrogen) atoms. The summed E-state index contributed by atoms with van der Waals surface area (Å²) in [7, 11) is -7.06. The van der Waals surface area contributed by atoms with Crippen LogP contribution in [0.2, 0.25) is 0 Å². The molecule has 0 aromatic heterocycles. The van der Waals surface area contributed by atoms with E-state index < -0.39 is 55.7 Å². The number of aliphatic hydroxyl groups is 2. The predicted molar refractivity (Wildman–Crippen MR) is 71.4 cm³/mol. The van der Waals surface area contributed by atoms with Crippen LogP contribution < -0.4 is 29.6 Å². The van der Waals surface area contributed by atoms with Crippen LogP contribution in [0.5, 0.6) is 0 Å². The summed E-state index contributed by atoms with van der Waals surface area (Å²) in [5.41, 5.74) is 0. The van der Waals surface area contributed by atoms with Crippen LogP contribution in [0.3, 0.4) is 0 Å². The smallest absolute Gasteiger partial charge is 0.388 e. The Labute approximate surface area is 154 Å². The van der Waals surface area contributed by atoms with Gasteiger partial charge in [0.15, 0.2) is 12.4 Å². The van der Waals surface area contributed by atoms with Gasteiger partial charge in [0.05, 0.1) is 12.4 Å². The summed E-state index contributed by atoms with van der Waals surface area (Å²) in [6.45, 7) is 0. The van der Waals surface area contributed by atoms with E-state index in [-0.39, 0.29) is 40.4 Å². The Kier molecular flexibility index (Phi) is 9.33. The molecule has 1 aliphatic heterocycles. The van der Waals surface area contributed by atoms with Crippen LogP contribution in [0.15, 0.2) is 0 Å². The van der Waals surface area contributed by atoms with Crippen LogP contribution in [0.25, 0.3) is 0 Å². The molecule has 0 saturated carbocycles. The zero-order chi connectivity index (χ0) is 16.4. The first kappa shape index (κ1) is 23.0. The number of ether oxygens (including phenoxy) is 2. The molecule has 1 fully saturated rings. The summed E-state index contributed by atoms with van der Waals surface area (Å²) in [5, 5.41) is 19.7. The Hall–Kier alpha value is 1.01. The first-order chi connectivity index (χ1) is 9.44. The summed E-state index contributed by atoms with van der Waals surface area (Å²) in [4.78, 5) is 0. The average molecular weight is 391 g/mol. The van der Waals surface area contributed by atoms with Crippen molar-refractivity contribution in [3.63, 3.8) is 0 Å². The number of methoxy groups -OCH3 is 1. The largest absolute Gasteiger partial charge is 1.00 e. The van der Waals surface area contributed by atoms with Gasteiger partial charge in [-0.15, -0.1) is 0 Å². The molecule has 5 atom stereocenters. The molecular formula is C8H16NaO10S3+. The van der Waals surface area contributed by atoms with Gasteiger partial charge in [-0.25, -0.2) is 0 Å². The first-order valence-corrected chi connectivity index (χ1v) is 10.2. The van der Waals surface area contributed by atoms with E-state index in [1.54, 1.807) is 0 Å². The third kappa shape index (κ3) is 7.27. The topological polar surface area (TPSA) is 157 Å². The molecule has 0 aromatic rings. The van der Waals surface area contributed by atoms with Gasteiger partial charge < -0.3 is 19.7 Å². The fourth-order valence-electron chi connectivity index (χ4n) is 1.69. The van der Waals surface area contributed by atoms with Gasteiger partial charge in [0.2, 0.25) is 0 Å². The van der Waals surface area contributed by atoms with Crippen molar-refractivity contribution in [3.05, 3.63) is 0 Å². The maximum absolute atomic E-state index is 11.1. The van der Waals surface area contributed by atoms with Gasteiger partial charge >= 0.3 is 38.7 Å². The molecule has 3 N–H and O–H groups in total. The summed E-state index contributed by atoms with van der Waals surface area (Å²) < 4.78 is 66.7. The molecular weight excluding hydrogens is 375 g/mol. The summed E-state index contributed by atoms with van der Waals surface area (Å²) in [5.74, 6) is -0.400. The minimum Gasteiger partial charge on any atom is -0.388 e. The molecule has 0 aliphatic carbocycles.